The summed E-state index contributed by atoms with van der Waals surface area (Å²) in [6.07, 6.45) is 4.06. The fraction of sp³-hybridized carbons (Fsp3) is 0.267. The van der Waals surface area contributed by atoms with Gasteiger partial charge in [0.15, 0.2) is 0 Å². The lowest BCUT2D eigenvalue weighted by molar-refractivity contribution is 0.592. The third-order valence-corrected chi connectivity index (χ3v) is 5.51. The molecule has 1 aromatic heterocycles. The van der Waals surface area contributed by atoms with E-state index in [4.69, 9.17) is 0 Å². The molecular formula is C15H17N3O2S. The lowest BCUT2D eigenvalue weighted by Gasteiger charge is -2.23. The van der Waals surface area contributed by atoms with E-state index in [0.29, 0.717) is 17.1 Å². The summed E-state index contributed by atoms with van der Waals surface area (Å²) in [7, 11) is -3.55. The number of benzene rings is 1. The smallest absolute Gasteiger partial charge is 0.264 e. The van der Waals surface area contributed by atoms with Crippen molar-refractivity contribution in [3.8, 4) is 0 Å². The van der Waals surface area contributed by atoms with Crippen LogP contribution in [0.3, 0.4) is 0 Å². The summed E-state index contributed by atoms with van der Waals surface area (Å²) in [5.74, 6) is 0. The number of sulfonamides is 1. The Bertz CT molecular complexity index is 745. The molecule has 0 spiro atoms. The highest BCUT2D eigenvalue weighted by molar-refractivity contribution is 7.92. The average molecular weight is 303 g/mol. The van der Waals surface area contributed by atoms with Gasteiger partial charge in [-0.25, -0.2) is 8.42 Å². The van der Waals surface area contributed by atoms with Crippen molar-refractivity contribution in [1.29, 1.82) is 0 Å². The molecule has 0 unspecified atom stereocenters. The van der Waals surface area contributed by atoms with Crippen LogP contribution in [0.5, 0.6) is 0 Å². The van der Waals surface area contributed by atoms with Crippen molar-refractivity contribution in [2.24, 2.45) is 0 Å². The van der Waals surface area contributed by atoms with Crippen LogP contribution in [0.25, 0.3) is 0 Å². The third kappa shape index (κ3) is 2.47. The molecule has 0 aliphatic carbocycles. The predicted octanol–water partition coefficient (Wildman–Crippen LogP) is 2.26. The molecule has 0 bridgehead atoms. The lowest BCUT2D eigenvalue weighted by Crippen LogP contribution is -2.30. The van der Waals surface area contributed by atoms with Crippen LogP contribution in [0.2, 0.25) is 0 Å². The molecule has 0 fully saturated rings. The van der Waals surface area contributed by atoms with Gasteiger partial charge in [-0.1, -0.05) is 0 Å². The molecular weight excluding hydrogens is 286 g/mol. The second kappa shape index (κ2) is 5.37. The summed E-state index contributed by atoms with van der Waals surface area (Å²) >= 11 is 0. The van der Waals surface area contributed by atoms with Gasteiger partial charge in [0.1, 0.15) is 0 Å². The molecule has 110 valence electrons. The van der Waals surface area contributed by atoms with Crippen LogP contribution >= 0.6 is 0 Å². The molecule has 3 rings (SSSR count). The molecule has 21 heavy (non-hydrogen) atoms. The SMILES string of the molecule is CCN(c1ccncc1)S(=O)(=O)c1ccc2c(c1)CCN2. The average Bonchev–Trinajstić information content (AvgIpc) is 2.96. The lowest BCUT2D eigenvalue weighted by atomic mass is 10.2. The number of nitrogens with zero attached hydrogens (tertiary/aromatic N) is 2. The third-order valence-electron chi connectivity index (χ3n) is 3.61. The molecule has 0 radical (unpaired) electrons. The zero-order valence-corrected chi connectivity index (χ0v) is 12.6. The van der Waals surface area contributed by atoms with Crippen LogP contribution in [-0.4, -0.2) is 26.5 Å². The first-order valence-electron chi connectivity index (χ1n) is 6.92. The minimum Gasteiger partial charge on any atom is -0.384 e. The summed E-state index contributed by atoms with van der Waals surface area (Å²) in [4.78, 5) is 4.27. The number of aromatic nitrogens is 1. The van der Waals surface area contributed by atoms with Crippen molar-refractivity contribution < 1.29 is 8.42 Å². The highest BCUT2D eigenvalue weighted by atomic mass is 32.2. The summed E-state index contributed by atoms with van der Waals surface area (Å²) in [5.41, 5.74) is 2.72. The summed E-state index contributed by atoms with van der Waals surface area (Å²) in [6.45, 7) is 3.06. The van der Waals surface area contributed by atoms with E-state index in [2.05, 4.69) is 10.3 Å². The predicted molar refractivity (Wildman–Crippen MR) is 83.1 cm³/mol. The maximum atomic E-state index is 12.8. The fourth-order valence-corrected chi connectivity index (χ4v) is 4.10. The van der Waals surface area contributed by atoms with E-state index >= 15 is 0 Å². The number of rotatable bonds is 4. The zero-order valence-electron chi connectivity index (χ0n) is 11.8. The number of nitrogens with one attached hydrogen (secondary N) is 1. The molecule has 0 atom stereocenters. The van der Waals surface area contributed by atoms with Gasteiger partial charge in [0.2, 0.25) is 0 Å². The number of anilines is 2. The molecule has 0 saturated carbocycles. The summed E-state index contributed by atoms with van der Waals surface area (Å²) < 4.78 is 27.1. The Kier molecular flexibility index (Phi) is 3.55. The van der Waals surface area contributed by atoms with Crippen molar-refractivity contribution in [2.75, 3.05) is 22.7 Å². The van der Waals surface area contributed by atoms with Gasteiger partial charge in [-0.2, -0.15) is 0 Å². The molecule has 0 amide bonds. The molecule has 1 aliphatic heterocycles. The summed E-state index contributed by atoms with van der Waals surface area (Å²) in [5, 5.41) is 3.24. The highest BCUT2D eigenvalue weighted by Crippen LogP contribution is 2.28. The Labute approximate surface area is 124 Å². The monoisotopic (exact) mass is 303 g/mol. The van der Waals surface area contributed by atoms with Crippen LogP contribution in [0.4, 0.5) is 11.4 Å². The van der Waals surface area contributed by atoms with E-state index in [9.17, 15) is 8.42 Å². The second-order valence-corrected chi connectivity index (χ2v) is 6.73. The first kappa shape index (κ1) is 13.9. The highest BCUT2D eigenvalue weighted by Gasteiger charge is 2.25. The standard InChI is InChI=1S/C15H17N3O2S/c1-2-18(13-6-8-16-9-7-13)21(19,20)14-3-4-15-12(11-14)5-10-17-15/h3-4,6-9,11,17H,2,5,10H2,1H3. The van der Waals surface area contributed by atoms with Crippen molar-refractivity contribution in [3.05, 3.63) is 48.3 Å². The van der Waals surface area contributed by atoms with Gasteiger partial charge in [0.05, 0.1) is 10.6 Å². The maximum absolute atomic E-state index is 12.8. The van der Waals surface area contributed by atoms with Gasteiger partial charge < -0.3 is 5.32 Å². The van der Waals surface area contributed by atoms with Gasteiger partial charge in [-0.05, 0) is 49.2 Å². The minimum atomic E-state index is -3.55. The van der Waals surface area contributed by atoms with Crippen molar-refractivity contribution in [3.63, 3.8) is 0 Å². The van der Waals surface area contributed by atoms with Gasteiger partial charge in [0, 0.05) is 31.2 Å². The van der Waals surface area contributed by atoms with Crippen LogP contribution in [0, 0.1) is 0 Å². The molecule has 6 heteroatoms. The van der Waals surface area contributed by atoms with Gasteiger partial charge in [-0.15, -0.1) is 0 Å². The van der Waals surface area contributed by atoms with Gasteiger partial charge in [-0.3, -0.25) is 9.29 Å². The maximum Gasteiger partial charge on any atom is 0.264 e. The molecule has 5 nitrogen and oxygen atoms in total. The van der Waals surface area contributed by atoms with E-state index < -0.39 is 10.0 Å². The topological polar surface area (TPSA) is 62.3 Å². The molecule has 0 saturated heterocycles. The quantitative estimate of drug-likeness (QED) is 0.941. The first-order valence-corrected chi connectivity index (χ1v) is 8.36. The second-order valence-electron chi connectivity index (χ2n) is 4.87. The molecule has 1 N–H and O–H groups in total. The van der Waals surface area contributed by atoms with E-state index in [1.807, 2.05) is 13.0 Å². The summed E-state index contributed by atoms with van der Waals surface area (Å²) in [6, 6.07) is 8.69. The van der Waals surface area contributed by atoms with E-state index in [0.717, 1.165) is 24.2 Å². The largest absolute Gasteiger partial charge is 0.384 e. The minimum absolute atomic E-state index is 0.337. The van der Waals surface area contributed by atoms with E-state index in [-0.39, 0.29) is 0 Å². The van der Waals surface area contributed by atoms with Crippen LogP contribution in [0.1, 0.15) is 12.5 Å². The Hall–Kier alpha value is -2.08. The Morgan fingerprint density at radius 1 is 1.24 bits per heavy atom. The van der Waals surface area contributed by atoms with Gasteiger partial charge >= 0.3 is 0 Å². The molecule has 2 aromatic rings. The Morgan fingerprint density at radius 3 is 2.71 bits per heavy atom. The Morgan fingerprint density at radius 2 is 2.00 bits per heavy atom. The molecule has 2 heterocycles. The fourth-order valence-electron chi connectivity index (χ4n) is 2.57. The van der Waals surface area contributed by atoms with Gasteiger partial charge in [0.25, 0.3) is 10.0 Å². The van der Waals surface area contributed by atoms with Crippen LogP contribution < -0.4 is 9.62 Å². The molecule has 1 aliphatic rings. The number of hydrogen-bond acceptors (Lipinski definition) is 4. The first-order chi connectivity index (χ1) is 10.1. The normalized spacial score (nSPS) is 13.6. The number of fused-ring (bicyclic) bond motifs is 1. The van der Waals surface area contributed by atoms with E-state index in [1.165, 1.54) is 4.31 Å². The zero-order chi connectivity index (χ0) is 14.9. The van der Waals surface area contributed by atoms with Crippen molar-refractivity contribution in [2.45, 2.75) is 18.2 Å². The number of pyridine rings is 1. The van der Waals surface area contributed by atoms with E-state index in [1.54, 1.807) is 36.7 Å². The van der Waals surface area contributed by atoms with Crippen molar-refractivity contribution >= 4 is 21.4 Å². The number of hydrogen-bond donors (Lipinski definition) is 1. The molecule has 1 aromatic carbocycles. The Balaban J connectivity index is 2.03. The van der Waals surface area contributed by atoms with Crippen LogP contribution in [0.15, 0.2) is 47.6 Å². The van der Waals surface area contributed by atoms with Crippen molar-refractivity contribution in [1.82, 2.24) is 4.98 Å². The van der Waals surface area contributed by atoms with Crippen LogP contribution in [-0.2, 0) is 16.4 Å².